The van der Waals surface area contributed by atoms with Crippen LogP contribution in [0.15, 0.2) is 0 Å². The first kappa shape index (κ1) is 17.9. The molecule has 0 radical (unpaired) electrons. The van der Waals surface area contributed by atoms with Crippen LogP contribution in [0.3, 0.4) is 0 Å². The van der Waals surface area contributed by atoms with Crippen LogP contribution < -0.4 is 0 Å². The van der Waals surface area contributed by atoms with E-state index in [1.54, 1.807) is 0 Å². The zero-order valence-corrected chi connectivity index (χ0v) is 17.3. The van der Waals surface area contributed by atoms with Crippen LogP contribution in [0, 0.1) is 34.0 Å². The predicted octanol–water partition coefficient (Wildman–Crippen LogP) is 4.91. The quantitative estimate of drug-likeness (QED) is 0.665. The predicted molar refractivity (Wildman–Crippen MR) is 102 cm³/mol. The van der Waals surface area contributed by atoms with Crippen LogP contribution >= 0.6 is 0 Å². The highest BCUT2D eigenvalue weighted by Crippen LogP contribution is 2.72. The van der Waals surface area contributed by atoms with Crippen LogP contribution in [0.5, 0.6) is 0 Å². The van der Waals surface area contributed by atoms with Crippen LogP contribution in [-0.4, -0.2) is 29.7 Å². The third-order valence-corrected chi connectivity index (χ3v) is 10.4. The molecule has 3 heteroatoms. The lowest BCUT2D eigenvalue weighted by Crippen LogP contribution is -2.61. The smallest absolute Gasteiger partial charge is 0.174 e. The summed E-state index contributed by atoms with van der Waals surface area (Å²) in [5.74, 6) is 2.11. The highest BCUT2D eigenvalue weighted by atomic mass is 16.7. The maximum Gasteiger partial charge on any atom is 0.174 e. The standard InChI is InChI=1S/C23H38O3/c1-19-8-5-16-17(21(19,3)12-11-20(2,24)15-19)6-9-22(4)18(16)7-10-23(22)25-13-14-26-23/h16-18,24H,5-15H2,1-4H3/t16-,17+,18+,19+,20+,21-,22+/m1/s1. The number of aliphatic hydroxyl groups is 1. The van der Waals surface area contributed by atoms with Gasteiger partial charge in [0.25, 0.3) is 0 Å². The second kappa shape index (κ2) is 5.27. The number of rotatable bonds is 0. The van der Waals surface area contributed by atoms with Crippen molar-refractivity contribution in [3.63, 3.8) is 0 Å². The van der Waals surface area contributed by atoms with E-state index in [9.17, 15) is 5.11 Å². The van der Waals surface area contributed by atoms with E-state index in [1.807, 2.05) is 0 Å². The van der Waals surface area contributed by atoms with Crippen molar-refractivity contribution in [1.29, 1.82) is 0 Å². The molecule has 148 valence electrons. The Morgan fingerprint density at radius 2 is 1.38 bits per heavy atom. The molecule has 5 rings (SSSR count). The second-order valence-corrected chi connectivity index (χ2v) is 11.5. The van der Waals surface area contributed by atoms with Gasteiger partial charge in [0.05, 0.1) is 18.8 Å². The molecule has 1 aliphatic heterocycles. The minimum absolute atomic E-state index is 0.203. The van der Waals surface area contributed by atoms with Gasteiger partial charge in [-0.05, 0) is 86.9 Å². The highest BCUT2D eigenvalue weighted by Gasteiger charge is 2.69. The summed E-state index contributed by atoms with van der Waals surface area (Å²) < 4.78 is 12.6. The van der Waals surface area contributed by atoms with E-state index >= 15 is 0 Å². The van der Waals surface area contributed by atoms with Gasteiger partial charge in [-0.25, -0.2) is 0 Å². The van der Waals surface area contributed by atoms with Crippen LogP contribution in [0.2, 0.25) is 0 Å². The number of hydrogen-bond donors (Lipinski definition) is 1. The Balaban J connectivity index is 1.47. The van der Waals surface area contributed by atoms with Crippen molar-refractivity contribution in [2.45, 2.75) is 96.9 Å². The fourth-order valence-electron chi connectivity index (χ4n) is 8.82. The lowest BCUT2D eigenvalue weighted by Gasteiger charge is -2.66. The van der Waals surface area contributed by atoms with Gasteiger partial charge in [-0.3, -0.25) is 0 Å². The third-order valence-electron chi connectivity index (χ3n) is 10.4. The molecule has 1 heterocycles. The third kappa shape index (κ3) is 2.06. The summed E-state index contributed by atoms with van der Waals surface area (Å²) in [5.41, 5.74) is 0.412. The van der Waals surface area contributed by atoms with Crippen molar-refractivity contribution in [1.82, 2.24) is 0 Å². The monoisotopic (exact) mass is 362 g/mol. The molecule has 3 nitrogen and oxygen atoms in total. The Kier molecular flexibility index (Phi) is 3.64. The molecule has 0 amide bonds. The molecule has 0 aromatic carbocycles. The van der Waals surface area contributed by atoms with Gasteiger partial charge in [-0.15, -0.1) is 0 Å². The van der Waals surface area contributed by atoms with E-state index in [2.05, 4.69) is 27.7 Å². The van der Waals surface area contributed by atoms with E-state index < -0.39 is 5.60 Å². The molecular weight excluding hydrogens is 324 g/mol. The van der Waals surface area contributed by atoms with Crippen molar-refractivity contribution in [3.05, 3.63) is 0 Å². The molecule has 1 N–H and O–H groups in total. The molecule has 4 aliphatic carbocycles. The average Bonchev–Trinajstić information content (AvgIpc) is 3.16. The Morgan fingerprint density at radius 3 is 2.12 bits per heavy atom. The summed E-state index contributed by atoms with van der Waals surface area (Å²) in [4.78, 5) is 0. The molecule has 0 aromatic rings. The Morgan fingerprint density at radius 1 is 0.731 bits per heavy atom. The van der Waals surface area contributed by atoms with Crippen LogP contribution in [0.4, 0.5) is 0 Å². The Hall–Kier alpha value is -0.120. The first-order valence-corrected chi connectivity index (χ1v) is 11.2. The SMILES string of the molecule is C[C@]1(O)CC[C@]2(C)[C@H]3CC[C@@]4(C)[C@@H](CCC45OCCO5)[C@@H]3CC[C@@]2(C)C1. The fourth-order valence-corrected chi connectivity index (χ4v) is 8.82. The van der Waals surface area contributed by atoms with Gasteiger partial charge < -0.3 is 14.6 Å². The summed E-state index contributed by atoms with van der Waals surface area (Å²) in [6, 6.07) is 0. The zero-order chi connectivity index (χ0) is 18.4. The summed E-state index contributed by atoms with van der Waals surface area (Å²) in [6.45, 7) is 11.2. The van der Waals surface area contributed by atoms with Crippen molar-refractivity contribution in [2.24, 2.45) is 34.0 Å². The molecule has 1 saturated heterocycles. The molecule has 5 aliphatic rings. The van der Waals surface area contributed by atoms with Crippen molar-refractivity contribution >= 4 is 0 Å². The van der Waals surface area contributed by atoms with Crippen LogP contribution in [-0.2, 0) is 9.47 Å². The summed E-state index contributed by atoms with van der Waals surface area (Å²) in [7, 11) is 0. The van der Waals surface area contributed by atoms with Crippen LogP contribution in [0.1, 0.15) is 85.5 Å². The fraction of sp³-hybridized carbons (Fsp3) is 1.00. The maximum atomic E-state index is 10.8. The van der Waals surface area contributed by atoms with Gasteiger partial charge >= 0.3 is 0 Å². The lowest BCUT2D eigenvalue weighted by atomic mass is 9.39. The molecular formula is C23H38O3. The molecule has 26 heavy (non-hydrogen) atoms. The second-order valence-electron chi connectivity index (χ2n) is 11.5. The van der Waals surface area contributed by atoms with E-state index in [0.717, 1.165) is 50.2 Å². The van der Waals surface area contributed by atoms with Gasteiger partial charge in [0.1, 0.15) is 0 Å². The number of ether oxygens (including phenoxy) is 2. The Labute approximate surface area is 159 Å². The molecule has 1 spiro atoms. The first-order valence-electron chi connectivity index (χ1n) is 11.2. The van der Waals surface area contributed by atoms with Crippen molar-refractivity contribution in [3.8, 4) is 0 Å². The zero-order valence-electron chi connectivity index (χ0n) is 17.3. The van der Waals surface area contributed by atoms with E-state index in [0.29, 0.717) is 10.8 Å². The van der Waals surface area contributed by atoms with E-state index in [-0.39, 0.29) is 11.2 Å². The van der Waals surface area contributed by atoms with Crippen molar-refractivity contribution < 1.29 is 14.6 Å². The van der Waals surface area contributed by atoms with Crippen LogP contribution in [0.25, 0.3) is 0 Å². The summed E-state index contributed by atoms with van der Waals surface area (Å²) in [6.07, 6.45) is 10.7. The minimum atomic E-state index is -0.465. The van der Waals surface area contributed by atoms with Gasteiger partial charge in [-0.2, -0.15) is 0 Å². The number of hydrogen-bond acceptors (Lipinski definition) is 3. The normalized spacial score (nSPS) is 58.3. The van der Waals surface area contributed by atoms with Gasteiger partial charge in [0.15, 0.2) is 5.79 Å². The number of fused-ring (bicyclic) bond motifs is 6. The molecule has 7 atom stereocenters. The maximum absolute atomic E-state index is 10.8. The summed E-state index contributed by atoms with van der Waals surface area (Å²) in [5, 5.41) is 10.8. The average molecular weight is 363 g/mol. The van der Waals surface area contributed by atoms with Gasteiger partial charge in [0.2, 0.25) is 0 Å². The van der Waals surface area contributed by atoms with Crippen molar-refractivity contribution in [2.75, 3.05) is 13.2 Å². The topological polar surface area (TPSA) is 38.7 Å². The van der Waals surface area contributed by atoms with Gasteiger partial charge in [0, 0.05) is 11.8 Å². The molecule has 0 unspecified atom stereocenters. The molecule has 5 fully saturated rings. The largest absolute Gasteiger partial charge is 0.390 e. The Bertz CT molecular complexity index is 594. The van der Waals surface area contributed by atoms with E-state index in [1.165, 1.54) is 38.5 Å². The molecule has 0 bridgehead atoms. The molecule has 4 saturated carbocycles. The summed E-state index contributed by atoms with van der Waals surface area (Å²) >= 11 is 0. The molecule has 0 aromatic heterocycles. The van der Waals surface area contributed by atoms with Gasteiger partial charge in [-0.1, -0.05) is 20.8 Å². The lowest BCUT2D eigenvalue weighted by molar-refractivity contribution is -0.255. The highest BCUT2D eigenvalue weighted by molar-refractivity contribution is 5.15. The van der Waals surface area contributed by atoms with E-state index in [4.69, 9.17) is 9.47 Å². The first-order chi connectivity index (χ1) is 12.2. The minimum Gasteiger partial charge on any atom is -0.390 e.